The number of aromatic nitrogens is 1. The van der Waals surface area contributed by atoms with Gasteiger partial charge in [0.1, 0.15) is 23.9 Å². The van der Waals surface area contributed by atoms with Crippen LogP contribution in [0.3, 0.4) is 0 Å². The van der Waals surface area contributed by atoms with Crippen LogP contribution in [-0.4, -0.2) is 68.9 Å². The maximum absolute atomic E-state index is 13.8. The summed E-state index contributed by atoms with van der Waals surface area (Å²) in [6.45, 7) is 0.503. The van der Waals surface area contributed by atoms with Crippen molar-refractivity contribution in [2.24, 2.45) is 11.5 Å². The number of primary amides is 1. The number of hydrogen-bond acceptors (Lipinski definition) is 6. The van der Waals surface area contributed by atoms with E-state index in [9.17, 15) is 24.3 Å². The molecule has 240 valence electrons. The lowest BCUT2D eigenvalue weighted by molar-refractivity contribution is -0.140. The Hall–Kier alpha value is -5.16. The average Bonchev–Trinajstić information content (AvgIpc) is 3.70. The highest BCUT2D eigenvalue weighted by Crippen LogP contribution is 2.21. The molecular weight excluding hydrogens is 584 g/mol. The zero-order valence-corrected chi connectivity index (χ0v) is 25.5. The summed E-state index contributed by atoms with van der Waals surface area (Å²) in [6.07, 6.45) is 3.61. The van der Waals surface area contributed by atoms with Gasteiger partial charge < -0.3 is 36.7 Å². The van der Waals surface area contributed by atoms with Gasteiger partial charge in [0.15, 0.2) is 0 Å². The molecule has 0 bridgehead atoms. The highest BCUT2D eigenvalue weighted by Gasteiger charge is 2.37. The first-order valence-corrected chi connectivity index (χ1v) is 15.5. The lowest BCUT2D eigenvalue weighted by Crippen LogP contribution is -2.57. The molecule has 1 fully saturated rings. The summed E-state index contributed by atoms with van der Waals surface area (Å²) in [5.74, 6) is -1.79. The molecule has 3 aromatic carbocycles. The zero-order chi connectivity index (χ0) is 32.6. The Morgan fingerprint density at radius 2 is 1.54 bits per heavy atom. The summed E-state index contributed by atoms with van der Waals surface area (Å²) in [4.78, 5) is 54.7. The second kappa shape index (κ2) is 14.7. The quantitative estimate of drug-likeness (QED) is 0.152. The van der Waals surface area contributed by atoms with Crippen LogP contribution in [-0.2, 0) is 38.6 Å². The normalized spacial score (nSPS) is 16.5. The summed E-state index contributed by atoms with van der Waals surface area (Å²) in [5.41, 5.74) is 14.6. The Morgan fingerprint density at radius 3 is 2.28 bits per heavy atom. The number of nitrogens with two attached hydrogens (primary N) is 2. The molecule has 1 aromatic heterocycles. The third-order valence-corrected chi connectivity index (χ3v) is 8.38. The first-order chi connectivity index (χ1) is 22.2. The summed E-state index contributed by atoms with van der Waals surface area (Å²) in [7, 11) is 0. The minimum absolute atomic E-state index is 0.0453. The van der Waals surface area contributed by atoms with Crippen molar-refractivity contribution >= 4 is 34.5 Å². The molecule has 1 saturated heterocycles. The first-order valence-electron chi connectivity index (χ1n) is 15.5. The molecular formula is C35H40N6O5. The first kappa shape index (κ1) is 32.2. The maximum Gasteiger partial charge on any atom is 0.245 e. The maximum atomic E-state index is 13.8. The van der Waals surface area contributed by atoms with Gasteiger partial charge in [0, 0.05) is 37.1 Å². The number of fused-ring (bicyclic) bond motifs is 1. The number of likely N-dealkylation sites (tertiary alicyclic amines) is 1. The Bertz CT molecular complexity index is 1670. The molecule has 7 N–H and O–H groups in total. The van der Waals surface area contributed by atoms with Crippen molar-refractivity contribution in [2.75, 3.05) is 6.54 Å². The second-order valence-corrected chi connectivity index (χ2v) is 11.8. The van der Waals surface area contributed by atoms with E-state index >= 15 is 0 Å². The summed E-state index contributed by atoms with van der Waals surface area (Å²) < 4.78 is 1.87. The van der Waals surface area contributed by atoms with E-state index in [1.807, 2.05) is 71.4 Å². The van der Waals surface area contributed by atoms with Crippen LogP contribution in [0.25, 0.3) is 10.9 Å². The fourth-order valence-corrected chi connectivity index (χ4v) is 5.99. The number of phenols is 1. The Labute approximate surface area is 267 Å². The molecule has 1 aliphatic rings. The number of benzene rings is 3. The smallest absolute Gasteiger partial charge is 0.245 e. The molecule has 0 spiro atoms. The van der Waals surface area contributed by atoms with E-state index < -0.39 is 41.9 Å². The van der Waals surface area contributed by atoms with Crippen molar-refractivity contribution < 1.29 is 24.3 Å². The largest absolute Gasteiger partial charge is 0.508 e. The minimum Gasteiger partial charge on any atom is -0.508 e. The number of hydrogen-bond donors (Lipinski definition) is 5. The molecule has 0 radical (unpaired) electrons. The second-order valence-electron chi connectivity index (χ2n) is 11.8. The zero-order valence-electron chi connectivity index (χ0n) is 25.5. The van der Waals surface area contributed by atoms with E-state index in [2.05, 4.69) is 10.6 Å². The van der Waals surface area contributed by atoms with E-state index in [0.717, 1.165) is 22.0 Å². The number of nitrogens with one attached hydrogen (secondary N) is 2. The molecule has 4 atom stereocenters. The predicted molar refractivity (Wildman–Crippen MR) is 174 cm³/mol. The van der Waals surface area contributed by atoms with Crippen molar-refractivity contribution in [3.05, 3.63) is 102 Å². The predicted octanol–water partition coefficient (Wildman–Crippen LogP) is 2.00. The van der Waals surface area contributed by atoms with Crippen LogP contribution in [0, 0.1) is 0 Å². The van der Waals surface area contributed by atoms with Crippen LogP contribution in [0.5, 0.6) is 5.75 Å². The summed E-state index contributed by atoms with van der Waals surface area (Å²) in [5, 5.41) is 16.1. The van der Waals surface area contributed by atoms with Crippen LogP contribution in [0.4, 0.5) is 0 Å². The van der Waals surface area contributed by atoms with Gasteiger partial charge in [-0.15, -0.1) is 0 Å². The molecule has 0 unspecified atom stereocenters. The third kappa shape index (κ3) is 8.10. The lowest BCUT2D eigenvalue weighted by atomic mass is 10.0. The van der Waals surface area contributed by atoms with Gasteiger partial charge in [-0.2, -0.15) is 0 Å². The molecule has 5 rings (SSSR count). The van der Waals surface area contributed by atoms with E-state index in [-0.39, 0.29) is 31.0 Å². The van der Waals surface area contributed by atoms with Crippen LogP contribution < -0.4 is 22.1 Å². The molecule has 4 aromatic rings. The minimum atomic E-state index is -1.06. The van der Waals surface area contributed by atoms with Crippen LogP contribution in [0.1, 0.15) is 30.4 Å². The molecule has 0 aliphatic carbocycles. The van der Waals surface area contributed by atoms with Crippen LogP contribution >= 0.6 is 0 Å². The van der Waals surface area contributed by atoms with Gasteiger partial charge in [0.2, 0.25) is 23.6 Å². The standard InChI is InChI=1S/C35H40N6O5/c36-26(19-24-12-14-27(42)15-13-24)21-32(43)41-17-6-11-31(41)35(46)39-29(22-40-18-16-25-9-4-5-10-30(25)40)34(45)38-28(33(37)44)20-23-7-2-1-3-8-23/h1-5,7-10,12-16,18,26,28-29,31,42H,6,11,17,19-22,36H2,(H2,37,44)(H,38,45)(H,39,46)/t26-,28-,29-,31-/m0/s1. The van der Waals surface area contributed by atoms with Crippen molar-refractivity contribution in [3.8, 4) is 5.75 Å². The number of aromatic hydroxyl groups is 1. The van der Waals surface area contributed by atoms with Gasteiger partial charge in [0.25, 0.3) is 0 Å². The molecule has 4 amide bonds. The van der Waals surface area contributed by atoms with E-state index in [0.29, 0.717) is 25.8 Å². The van der Waals surface area contributed by atoms with Gasteiger partial charge in [-0.1, -0.05) is 60.7 Å². The number of carbonyl (C=O) groups excluding carboxylic acids is 4. The van der Waals surface area contributed by atoms with Crippen LogP contribution in [0.15, 0.2) is 91.1 Å². The van der Waals surface area contributed by atoms with Gasteiger partial charge in [0.05, 0.1) is 6.54 Å². The van der Waals surface area contributed by atoms with E-state index in [1.54, 1.807) is 24.3 Å². The van der Waals surface area contributed by atoms with Gasteiger partial charge in [-0.05, 0) is 60.0 Å². The lowest BCUT2D eigenvalue weighted by Gasteiger charge is -2.28. The van der Waals surface area contributed by atoms with E-state index in [4.69, 9.17) is 11.5 Å². The number of amides is 4. The summed E-state index contributed by atoms with van der Waals surface area (Å²) in [6, 6.07) is 22.2. The summed E-state index contributed by atoms with van der Waals surface area (Å²) >= 11 is 0. The third-order valence-electron chi connectivity index (χ3n) is 8.38. The number of phenolic OH excluding ortho intramolecular Hbond substituents is 1. The van der Waals surface area contributed by atoms with Gasteiger partial charge in [-0.3, -0.25) is 19.2 Å². The molecule has 11 heteroatoms. The number of nitrogens with zero attached hydrogens (tertiary/aromatic N) is 2. The van der Waals surface area contributed by atoms with Gasteiger partial charge >= 0.3 is 0 Å². The van der Waals surface area contributed by atoms with Crippen molar-refractivity contribution in [2.45, 2.75) is 62.8 Å². The monoisotopic (exact) mass is 624 g/mol. The molecule has 0 saturated carbocycles. The fourth-order valence-electron chi connectivity index (χ4n) is 5.99. The highest BCUT2D eigenvalue weighted by atomic mass is 16.3. The van der Waals surface area contributed by atoms with Gasteiger partial charge in [-0.25, -0.2) is 0 Å². The Balaban J connectivity index is 1.30. The molecule has 11 nitrogen and oxygen atoms in total. The van der Waals surface area contributed by atoms with Crippen molar-refractivity contribution in [3.63, 3.8) is 0 Å². The average molecular weight is 625 g/mol. The van der Waals surface area contributed by atoms with E-state index in [1.165, 1.54) is 4.90 Å². The number of rotatable bonds is 13. The molecule has 1 aliphatic heterocycles. The molecule has 2 heterocycles. The Kier molecular flexibility index (Phi) is 10.3. The number of carbonyl (C=O) groups is 4. The highest BCUT2D eigenvalue weighted by molar-refractivity contribution is 5.94. The Morgan fingerprint density at radius 1 is 0.848 bits per heavy atom. The fraction of sp³-hybridized carbons (Fsp3) is 0.314. The number of para-hydroxylation sites is 1. The van der Waals surface area contributed by atoms with Crippen molar-refractivity contribution in [1.29, 1.82) is 0 Å². The van der Waals surface area contributed by atoms with Crippen LogP contribution in [0.2, 0.25) is 0 Å². The molecule has 46 heavy (non-hydrogen) atoms. The SMILES string of the molecule is NC(=O)[C@H](Cc1ccccc1)NC(=O)[C@H](Cn1ccc2ccccc21)NC(=O)[C@@H]1CCCN1C(=O)C[C@@H](N)Cc1ccc(O)cc1. The van der Waals surface area contributed by atoms with Crippen molar-refractivity contribution in [1.82, 2.24) is 20.1 Å². The topological polar surface area (TPSA) is 173 Å².